The zero-order valence-corrected chi connectivity index (χ0v) is 10.8. The third kappa shape index (κ3) is 4.16. The second-order valence-corrected chi connectivity index (χ2v) is 4.41. The second-order valence-electron chi connectivity index (χ2n) is 4.41. The number of methoxy groups -OCH3 is 1. The molecule has 0 radical (unpaired) electrons. The van der Waals surface area contributed by atoms with Gasteiger partial charge in [0.05, 0.1) is 7.11 Å². The molecule has 0 aliphatic heterocycles. The maximum absolute atomic E-state index is 11.9. The molecule has 1 heterocycles. The summed E-state index contributed by atoms with van der Waals surface area (Å²) in [5, 5.41) is 2.67. The Hall–Kier alpha value is -1.91. The summed E-state index contributed by atoms with van der Waals surface area (Å²) in [6.45, 7) is 3.96. The van der Waals surface area contributed by atoms with E-state index in [1.807, 2.05) is 13.8 Å². The first-order valence-electron chi connectivity index (χ1n) is 5.83. The lowest BCUT2D eigenvalue weighted by atomic mass is 10.0. The molecule has 0 saturated heterocycles. The van der Waals surface area contributed by atoms with Crippen molar-refractivity contribution in [3.8, 4) is 0 Å². The molecule has 1 amide bonds. The summed E-state index contributed by atoms with van der Waals surface area (Å²) < 4.78 is 4.68. The summed E-state index contributed by atoms with van der Waals surface area (Å²) in [6.07, 6.45) is 3.61. The van der Waals surface area contributed by atoms with E-state index in [-0.39, 0.29) is 11.8 Å². The predicted molar refractivity (Wildman–Crippen MR) is 67.0 cm³/mol. The average Bonchev–Trinajstić information content (AvgIpc) is 2.37. The first-order valence-corrected chi connectivity index (χ1v) is 5.83. The van der Waals surface area contributed by atoms with Crippen LogP contribution in [-0.2, 0) is 9.53 Å². The highest BCUT2D eigenvalue weighted by Gasteiger charge is 2.22. The number of aromatic nitrogens is 1. The van der Waals surface area contributed by atoms with Gasteiger partial charge in [0.25, 0.3) is 5.91 Å². The van der Waals surface area contributed by atoms with Crippen molar-refractivity contribution in [3.63, 3.8) is 0 Å². The third-order valence-corrected chi connectivity index (χ3v) is 2.44. The normalized spacial score (nSPS) is 12.0. The first kappa shape index (κ1) is 14.2. The summed E-state index contributed by atoms with van der Waals surface area (Å²) >= 11 is 0. The number of carbonyl (C=O) groups is 2. The molecule has 0 spiro atoms. The number of nitrogens with zero attached hydrogens (tertiary/aromatic N) is 1. The summed E-state index contributed by atoms with van der Waals surface area (Å²) in [4.78, 5) is 27.3. The highest BCUT2D eigenvalue weighted by atomic mass is 16.5. The van der Waals surface area contributed by atoms with Gasteiger partial charge in [-0.25, -0.2) is 4.79 Å². The van der Waals surface area contributed by atoms with Crippen molar-refractivity contribution in [2.45, 2.75) is 26.3 Å². The number of rotatable bonds is 5. The van der Waals surface area contributed by atoms with Crippen LogP contribution in [0, 0.1) is 5.92 Å². The van der Waals surface area contributed by atoms with Gasteiger partial charge in [0, 0.05) is 18.0 Å². The number of ether oxygens (including phenoxy) is 1. The Morgan fingerprint density at radius 1 is 1.33 bits per heavy atom. The number of pyridine rings is 1. The Bertz CT molecular complexity index is 404. The molecule has 0 aliphatic carbocycles. The zero-order valence-electron chi connectivity index (χ0n) is 10.8. The highest BCUT2D eigenvalue weighted by Crippen LogP contribution is 2.07. The van der Waals surface area contributed by atoms with Crippen LogP contribution in [0.15, 0.2) is 24.5 Å². The molecule has 1 N–H and O–H groups in total. The lowest BCUT2D eigenvalue weighted by Crippen LogP contribution is -2.42. The number of carbonyl (C=O) groups excluding carboxylic acids is 2. The minimum absolute atomic E-state index is 0.284. The Kier molecular flexibility index (Phi) is 5.30. The molecule has 1 aromatic heterocycles. The van der Waals surface area contributed by atoms with Crippen molar-refractivity contribution >= 4 is 11.9 Å². The van der Waals surface area contributed by atoms with E-state index in [4.69, 9.17) is 0 Å². The molecule has 1 aromatic rings. The number of hydrogen-bond acceptors (Lipinski definition) is 4. The number of hydrogen-bond donors (Lipinski definition) is 1. The van der Waals surface area contributed by atoms with E-state index in [1.165, 1.54) is 19.5 Å². The summed E-state index contributed by atoms with van der Waals surface area (Å²) in [5.74, 6) is -0.439. The molecule has 98 valence electrons. The molecule has 0 saturated carbocycles. The topological polar surface area (TPSA) is 68.3 Å². The molecule has 0 aromatic carbocycles. The van der Waals surface area contributed by atoms with E-state index in [1.54, 1.807) is 12.1 Å². The summed E-state index contributed by atoms with van der Waals surface area (Å²) in [7, 11) is 1.31. The van der Waals surface area contributed by atoms with E-state index in [2.05, 4.69) is 15.0 Å². The van der Waals surface area contributed by atoms with Gasteiger partial charge in [-0.05, 0) is 24.5 Å². The fourth-order valence-corrected chi connectivity index (χ4v) is 1.57. The van der Waals surface area contributed by atoms with Gasteiger partial charge in [0.15, 0.2) is 0 Å². The number of amides is 1. The Morgan fingerprint density at radius 2 is 1.94 bits per heavy atom. The van der Waals surface area contributed by atoms with E-state index in [9.17, 15) is 9.59 Å². The smallest absolute Gasteiger partial charge is 0.328 e. The molecular formula is C13H18N2O3. The predicted octanol–water partition coefficient (Wildman–Crippen LogP) is 1.40. The third-order valence-electron chi connectivity index (χ3n) is 2.44. The minimum atomic E-state index is -0.615. The van der Waals surface area contributed by atoms with Crippen LogP contribution < -0.4 is 5.32 Å². The van der Waals surface area contributed by atoms with Crippen molar-refractivity contribution in [1.29, 1.82) is 0 Å². The molecule has 1 atom stereocenters. The van der Waals surface area contributed by atoms with Gasteiger partial charge in [-0.1, -0.05) is 13.8 Å². The van der Waals surface area contributed by atoms with Crippen LogP contribution in [0.1, 0.15) is 30.6 Å². The second kappa shape index (κ2) is 6.74. The van der Waals surface area contributed by atoms with Gasteiger partial charge in [-0.2, -0.15) is 0 Å². The van der Waals surface area contributed by atoms with Crippen LogP contribution in [0.2, 0.25) is 0 Å². The van der Waals surface area contributed by atoms with Crippen LogP contribution in [-0.4, -0.2) is 30.0 Å². The molecule has 5 nitrogen and oxygen atoms in total. The van der Waals surface area contributed by atoms with Crippen molar-refractivity contribution < 1.29 is 14.3 Å². The van der Waals surface area contributed by atoms with Crippen LogP contribution in [0.5, 0.6) is 0 Å². The van der Waals surface area contributed by atoms with Gasteiger partial charge >= 0.3 is 5.97 Å². The molecule has 5 heteroatoms. The maximum Gasteiger partial charge on any atom is 0.328 e. The fraction of sp³-hybridized carbons (Fsp3) is 0.462. The van der Waals surface area contributed by atoms with Crippen molar-refractivity contribution in [1.82, 2.24) is 10.3 Å². The number of nitrogens with one attached hydrogen (secondary N) is 1. The maximum atomic E-state index is 11.9. The zero-order chi connectivity index (χ0) is 13.5. The standard InChI is InChI=1S/C13H18N2O3/c1-9(2)8-11(13(17)18-3)15-12(16)10-4-6-14-7-5-10/h4-7,9,11H,8H2,1-3H3,(H,15,16)/t11-/m1/s1. The van der Waals surface area contributed by atoms with E-state index >= 15 is 0 Å². The monoisotopic (exact) mass is 250 g/mol. The molecular weight excluding hydrogens is 232 g/mol. The quantitative estimate of drug-likeness (QED) is 0.802. The van der Waals surface area contributed by atoms with Crippen molar-refractivity contribution in [2.24, 2.45) is 5.92 Å². The Balaban J connectivity index is 2.71. The number of esters is 1. The largest absolute Gasteiger partial charge is 0.467 e. The summed E-state index contributed by atoms with van der Waals surface area (Å²) in [5.41, 5.74) is 0.475. The average molecular weight is 250 g/mol. The van der Waals surface area contributed by atoms with Gasteiger partial charge in [0.2, 0.25) is 0 Å². The Morgan fingerprint density at radius 3 is 2.44 bits per heavy atom. The van der Waals surface area contributed by atoms with Crippen molar-refractivity contribution in [3.05, 3.63) is 30.1 Å². The lowest BCUT2D eigenvalue weighted by molar-refractivity contribution is -0.143. The van der Waals surface area contributed by atoms with Crippen LogP contribution in [0.4, 0.5) is 0 Å². The Labute approximate surface area is 107 Å². The van der Waals surface area contributed by atoms with Crippen LogP contribution in [0.25, 0.3) is 0 Å². The molecule has 1 rings (SSSR count). The summed E-state index contributed by atoms with van der Waals surface area (Å²) in [6, 6.07) is 2.58. The van der Waals surface area contributed by atoms with Gasteiger partial charge in [-0.3, -0.25) is 9.78 Å². The molecule has 18 heavy (non-hydrogen) atoms. The highest BCUT2D eigenvalue weighted by molar-refractivity contribution is 5.96. The van der Waals surface area contributed by atoms with E-state index in [0.717, 1.165) is 0 Å². The SMILES string of the molecule is COC(=O)[C@@H](CC(C)C)NC(=O)c1ccncc1. The molecule has 0 aliphatic rings. The van der Waals surface area contributed by atoms with Gasteiger partial charge in [0.1, 0.15) is 6.04 Å². The molecule has 0 fully saturated rings. The first-order chi connectivity index (χ1) is 8.54. The molecule has 0 unspecified atom stereocenters. The lowest BCUT2D eigenvalue weighted by Gasteiger charge is -2.18. The van der Waals surface area contributed by atoms with E-state index < -0.39 is 12.0 Å². The van der Waals surface area contributed by atoms with Crippen LogP contribution >= 0.6 is 0 Å². The van der Waals surface area contributed by atoms with Gasteiger partial charge in [-0.15, -0.1) is 0 Å². The van der Waals surface area contributed by atoms with Crippen molar-refractivity contribution in [2.75, 3.05) is 7.11 Å². The fourth-order valence-electron chi connectivity index (χ4n) is 1.57. The molecule has 0 bridgehead atoms. The van der Waals surface area contributed by atoms with E-state index in [0.29, 0.717) is 12.0 Å². The van der Waals surface area contributed by atoms with Gasteiger partial charge < -0.3 is 10.1 Å². The minimum Gasteiger partial charge on any atom is -0.467 e. The van der Waals surface area contributed by atoms with Crippen LogP contribution in [0.3, 0.4) is 0 Å².